The zero-order valence-corrected chi connectivity index (χ0v) is 21.9. The number of carbonyl (C=O) groups is 3. The number of aryl methyl sites for hydroxylation is 1. The summed E-state index contributed by atoms with van der Waals surface area (Å²) in [5.41, 5.74) is 4.88. The highest BCUT2D eigenvalue weighted by atomic mass is 16.3. The van der Waals surface area contributed by atoms with Gasteiger partial charge in [0, 0.05) is 61.6 Å². The molecule has 4 aromatic rings. The first-order valence-corrected chi connectivity index (χ1v) is 13.2. The van der Waals surface area contributed by atoms with Gasteiger partial charge in [-0.25, -0.2) is 0 Å². The number of ketones is 3. The average Bonchev–Trinajstić information content (AvgIpc) is 3.40. The van der Waals surface area contributed by atoms with Crippen molar-refractivity contribution in [1.82, 2.24) is 9.78 Å². The quantitative estimate of drug-likeness (QED) is 0.327. The first-order valence-electron chi connectivity index (χ1n) is 13.2. The Morgan fingerprint density at radius 2 is 1.26 bits per heavy atom. The topological polar surface area (TPSA) is 92.5 Å². The second kappa shape index (κ2) is 11.6. The Hall–Kier alpha value is -4.36. The zero-order chi connectivity index (χ0) is 27.4. The molecule has 0 radical (unpaired) electrons. The van der Waals surface area contributed by atoms with Crippen molar-refractivity contribution in [3.63, 3.8) is 0 Å². The Labute approximate surface area is 227 Å². The molecule has 7 heteroatoms. The minimum Gasteiger partial charge on any atom is -0.393 e. The van der Waals surface area contributed by atoms with Crippen molar-refractivity contribution >= 4 is 23.0 Å². The van der Waals surface area contributed by atoms with Crippen LogP contribution >= 0.6 is 0 Å². The van der Waals surface area contributed by atoms with Gasteiger partial charge in [0.05, 0.1) is 6.10 Å². The lowest BCUT2D eigenvalue weighted by molar-refractivity contribution is 0.0981. The number of rotatable bonds is 9. The molecular formula is C32H31N3O4. The normalized spacial score (nSPS) is 13.8. The summed E-state index contributed by atoms with van der Waals surface area (Å²) < 4.78 is 1.59. The first-order chi connectivity index (χ1) is 18.9. The lowest BCUT2D eigenvalue weighted by atomic mass is 9.97. The molecule has 1 N–H and O–H groups in total. The Morgan fingerprint density at radius 3 is 1.77 bits per heavy atom. The maximum Gasteiger partial charge on any atom is 0.193 e. The molecule has 0 bridgehead atoms. The predicted octanol–water partition coefficient (Wildman–Crippen LogP) is 4.46. The summed E-state index contributed by atoms with van der Waals surface area (Å²) in [6, 6.07) is 23.5. The number of benzene rings is 3. The van der Waals surface area contributed by atoms with Crippen LogP contribution in [0.1, 0.15) is 60.7 Å². The van der Waals surface area contributed by atoms with Gasteiger partial charge < -0.3 is 10.0 Å². The van der Waals surface area contributed by atoms with Crippen molar-refractivity contribution in [3.05, 3.63) is 119 Å². The van der Waals surface area contributed by atoms with E-state index in [1.165, 1.54) is 0 Å². The molecule has 0 unspecified atom stereocenters. The largest absolute Gasteiger partial charge is 0.393 e. The number of Topliss-reactive ketones (excluding diaryl/α,β-unsaturated/α-hetero) is 2. The number of aliphatic hydroxyl groups excluding tert-OH is 1. The second-order valence-electron chi connectivity index (χ2n) is 10.1. The van der Waals surface area contributed by atoms with Crippen LogP contribution in [0.3, 0.4) is 0 Å². The van der Waals surface area contributed by atoms with E-state index in [9.17, 15) is 19.5 Å². The molecule has 7 nitrogen and oxygen atoms in total. The standard InChI is InChI=1S/C32H31N3O4/c1-34-17-16-29(33-34)31(38)21-23-4-8-26(9-5-23)32(39)25-6-2-22(3-7-25)20-30(37)24-10-12-27(13-11-24)35-18-14-28(36)15-19-35/h2-13,16-17,28,36H,14-15,18-21H2,1H3. The third-order valence-electron chi connectivity index (χ3n) is 7.18. The van der Waals surface area contributed by atoms with E-state index in [0.29, 0.717) is 22.4 Å². The molecule has 1 aliphatic heterocycles. The van der Waals surface area contributed by atoms with Crippen LogP contribution in [0.2, 0.25) is 0 Å². The molecule has 0 amide bonds. The number of aromatic nitrogens is 2. The molecule has 1 fully saturated rings. The van der Waals surface area contributed by atoms with Crippen molar-refractivity contribution < 1.29 is 19.5 Å². The highest BCUT2D eigenvalue weighted by molar-refractivity contribution is 6.09. The van der Waals surface area contributed by atoms with Crippen LogP contribution < -0.4 is 4.90 Å². The molecule has 5 rings (SSSR count). The van der Waals surface area contributed by atoms with E-state index in [4.69, 9.17) is 0 Å². The van der Waals surface area contributed by atoms with Crippen LogP contribution in [0.4, 0.5) is 5.69 Å². The van der Waals surface area contributed by atoms with Gasteiger partial charge in [0.2, 0.25) is 0 Å². The number of carbonyl (C=O) groups excluding carboxylic acids is 3. The fourth-order valence-corrected chi connectivity index (χ4v) is 4.82. The van der Waals surface area contributed by atoms with Gasteiger partial charge in [-0.05, 0) is 54.3 Å². The van der Waals surface area contributed by atoms with E-state index in [2.05, 4.69) is 10.00 Å². The highest BCUT2D eigenvalue weighted by Gasteiger charge is 2.18. The minimum absolute atomic E-state index is 0.0190. The molecule has 0 aliphatic carbocycles. The molecule has 2 heterocycles. The fourth-order valence-electron chi connectivity index (χ4n) is 4.82. The van der Waals surface area contributed by atoms with E-state index in [1.54, 1.807) is 60.4 Å². The van der Waals surface area contributed by atoms with Crippen molar-refractivity contribution in [2.75, 3.05) is 18.0 Å². The molecule has 3 aromatic carbocycles. The van der Waals surface area contributed by atoms with Gasteiger partial charge in [-0.15, -0.1) is 0 Å². The SMILES string of the molecule is Cn1ccc(C(=O)Cc2ccc(C(=O)c3ccc(CC(=O)c4ccc(N5CCC(O)CC5)cc4)cc3)cc2)n1. The predicted molar refractivity (Wildman–Crippen MR) is 149 cm³/mol. The van der Waals surface area contributed by atoms with Gasteiger partial charge in [-0.1, -0.05) is 48.5 Å². The summed E-state index contributed by atoms with van der Waals surface area (Å²) in [6.45, 7) is 1.63. The maximum absolute atomic E-state index is 13.0. The first kappa shape index (κ1) is 26.3. The third kappa shape index (κ3) is 6.38. The van der Waals surface area contributed by atoms with Gasteiger partial charge in [0.25, 0.3) is 0 Å². The van der Waals surface area contributed by atoms with Crippen LogP contribution in [0.5, 0.6) is 0 Å². The van der Waals surface area contributed by atoms with Crippen molar-refractivity contribution in [3.8, 4) is 0 Å². The lowest BCUT2D eigenvalue weighted by Gasteiger charge is -2.31. The van der Waals surface area contributed by atoms with Gasteiger partial charge in [-0.3, -0.25) is 19.1 Å². The number of nitrogens with zero attached hydrogens (tertiary/aromatic N) is 3. The number of hydrogen-bond donors (Lipinski definition) is 1. The molecule has 39 heavy (non-hydrogen) atoms. The highest BCUT2D eigenvalue weighted by Crippen LogP contribution is 2.21. The van der Waals surface area contributed by atoms with Crippen LogP contribution in [0.25, 0.3) is 0 Å². The minimum atomic E-state index is -0.218. The van der Waals surface area contributed by atoms with Gasteiger partial charge in [0.1, 0.15) is 5.69 Å². The monoisotopic (exact) mass is 521 g/mol. The summed E-state index contributed by atoms with van der Waals surface area (Å²) in [5.74, 6) is -0.166. The summed E-state index contributed by atoms with van der Waals surface area (Å²) in [6.07, 6.45) is 3.51. The Kier molecular flexibility index (Phi) is 7.79. The van der Waals surface area contributed by atoms with E-state index in [1.807, 2.05) is 36.4 Å². The molecule has 0 atom stereocenters. The number of hydrogen-bond acceptors (Lipinski definition) is 6. The molecule has 1 aromatic heterocycles. The second-order valence-corrected chi connectivity index (χ2v) is 10.1. The van der Waals surface area contributed by atoms with E-state index in [0.717, 1.165) is 42.7 Å². The molecule has 0 saturated carbocycles. The fraction of sp³-hybridized carbons (Fsp3) is 0.250. The molecule has 1 saturated heterocycles. The van der Waals surface area contributed by atoms with Gasteiger partial charge in [-0.2, -0.15) is 5.10 Å². The van der Waals surface area contributed by atoms with Gasteiger partial charge in [0.15, 0.2) is 17.3 Å². The van der Waals surface area contributed by atoms with Gasteiger partial charge >= 0.3 is 0 Å². The average molecular weight is 522 g/mol. The summed E-state index contributed by atoms with van der Waals surface area (Å²) in [7, 11) is 1.77. The Bertz CT molecular complexity index is 1460. The summed E-state index contributed by atoms with van der Waals surface area (Å²) >= 11 is 0. The zero-order valence-electron chi connectivity index (χ0n) is 21.9. The van der Waals surface area contributed by atoms with Crippen LogP contribution in [0, 0.1) is 0 Å². The van der Waals surface area contributed by atoms with Crippen molar-refractivity contribution in [2.45, 2.75) is 31.8 Å². The number of aliphatic hydroxyl groups is 1. The molecule has 1 aliphatic rings. The Morgan fingerprint density at radius 1 is 0.744 bits per heavy atom. The third-order valence-corrected chi connectivity index (χ3v) is 7.18. The summed E-state index contributed by atoms with van der Waals surface area (Å²) in [5, 5.41) is 13.8. The molecular weight excluding hydrogens is 490 g/mol. The maximum atomic E-state index is 13.0. The smallest absolute Gasteiger partial charge is 0.193 e. The summed E-state index contributed by atoms with van der Waals surface area (Å²) in [4.78, 5) is 40.4. The molecule has 198 valence electrons. The van der Waals surface area contributed by atoms with Crippen LogP contribution in [-0.2, 0) is 19.9 Å². The Balaban J connectivity index is 1.16. The van der Waals surface area contributed by atoms with Crippen LogP contribution in [-0.4, -0.2) is 51.4 Å². The molecule has 0 spiro atoms. The van der Waals surface area contributed by atoms with E-state index in [-0.39, 0.29) is 36.3 Å². The van der Waals surface area contributed by atoms with E-state index >= 15 is 0 Å². The van der Waals surface area contributed by atoms with Crippen LogP contribution in [0.15, 0.2) is 85.1 Å². The lowest BCUT2D eigenvalue weighted by Crippen LogP contribution is -2.35. The number of anilines is 1. The van der Waals surface area contributed by atoms with Crippen molar-refractivity contribution in [2.24, 2.45) is 7.05 Å². The van der Waals surface area contributed by atoms with E-state index < -0.39 is 0 Å². The van der Waals surface area contributed by atoms with Crippen molar-refractivity contribution in [1.29, 1.82) is 0 Å². The number of piperidine rings is 1.